The number of carbonyl (C=O) groups excluding carboxylic acids is 1. The van der Waals surface area contributed by atoms with Crippen molar-refractivity contribution in [2.45, 2.75) is 18.6 Å². The SMILES string of the molecule is CC(CC(=O)[O-])C1=CC2C=NC=C(c3ccc(C#N)c4ccccc34)C2S1. The maximum atomic E-state index is 11.0. The number of rotatable bonds is 4. The van der Waals surface area contributed by atoms with Crippen LogP contribution in [-0.4, -0.2) is 17.4 Å². The molecule has 2 heterocycles. The summed E-state index contributed by atoms with van der Waals surface area (Å²) >= 11 is 1.71. The monoisotopic (exact) mass is 373 g/mol. The summed E-state index contributed by atoms with van der Waals surface area (Å²) in [6.07, 6.45) is 5.97. The van der Waals surface area contributed by atoms with Crippen molar-refractivity contribution >= 4 is 40.3 Å². The Balaban J connectivity index is 1.72. The zero-order chi connectivity index (χ0) is 19.0. The van der Waals surface area contributed by atoms with Crippen LogP contribution in [0.2, 0.25) is 0 Å². The van der Waals surface area contributed by atoms with Crippen LogP contribution in [0.25, 0.3) is 16.3 Å². The minimum absolute atomic E-state index is 0.0221. The average Bonchev–Trinajstić information content (AvgIpc) is 3.11. The number of carbonyl (C=O) groups is 1. The van der Waals surface area contributed by atoms with Gasteiger partial charge in [0.15, 0.2) is 0 Å². The fraction of sp³-hybridized carbons (Fsp3) is 0.227. The van der Waals surface area contributed by atoms with Crippen LogP contribution in [-0.2, 0) is 4.79 Å². The molecule has 4 nitrogen and oxygen atoms in total. The molecular formula is C22H17N2O2S-. The van der Waals surface area contributed by atoms with E-state index in [2.05, 4.69) is 17.1 Å². The van der Waals surface area contributed by atoms with Gasteiger partial charge in [-0.2, -0.15) is 5.26 Å². The highest BCUT2D eigenvalue weighted by Gasteiger charge is 2.34. The van der Waals surface area contributed by atoms with E-state index >= 15 is 0 Å². The first-order valence-electron chi connectivity index (χ1n) is 8.82. The van der Waals surface area contributed by atoms with Crippen LogP contribution in [0, 0.1) is 23.2 Å². The zero-order valence-corrected chi connectivity index (χ0v) is 15.6. The summed E-state index contributed by atoms with van der Waals surface area (Å²) in [4.78, 5) is 16.5. The summed E-state index contributed by atoms with van der Waals surface area (Å²) in [5.41, 5.74) is 2.84. The molecule has 0 spiro atoms. The lowest BCUT2D eigenvalue weighted by Gasteiger charge is -2.24. The second-order valence-electron chi connectivity index (χ2n) is 6.86. The second-order valence-corrected chi connectivity index (χ2v) is 8.08. The Kier molecular flexibility index (Phi) is 4.59. The highest BCUT2D eigenvalue weighted by atomic mass is 32.2. The van der Waals surface area contributed by atoms with Gasteiger partial charge in [-0.1, -0.05) is 43.3 Å². The molecule has 0 aliphatic carbocycles. The summed E-state index contributed by atoms with van der Waals surface area (Å²) in [5.74, 6) is -0.956. The molecule has 0 bridgehead atoms. The first-order valence-corrected chi connectivity index (χ1v) is 9.70. The number of allylic oxidation sites excluding steroid dienone is 2. The third kappa shape index (κ3) is 3.17. The predicted molar refractivity (Wildman–Crippen MR) is 107 cm³/mol. The van der Waals surface area contributed by atoms with Crippen LogP contribution in [0.1, 0.15) is 24.5 Å². The van der Waals surface area contributed by atoms with Crippen molar-refractivity contribution in [3.8, 4) is 6.07 Å². The molecule has 27 heavy (non-hydrogen) atoms. The van der Waals surface area contributed by atoms with Gasteiger partial charge in [0.2, 0.25) is 0 Å². The molecule has 0 saturated heterocycles. The predicted octanol–water partition coefficient (Wildman–Crippen LogP) is 3.53. The van der Waals surface area contributed by atoms with E-state index in [9.17, 15) is 15.2 Å². The van der Waals surface area contributed by atoms with Gasteiger partial charge in [-0.3, -0.25) is 4.99 Å². The highest BCUT2D eigenvalue weighted by molar-refractivity contribution is 8.04. The normalized spacial score (nSPS) is 21.9. The van der Waals surface area contributed by atoms with Crippen molar-refractivity contribution in [3.05, 3.63) is 64.7 Å². The maximum Gasteiger partial charge on any atom is 0.0998 e. The van der Waals surface area contributed by atoms with Gasteiger partial charge in [-0.25, -0.2) is 0 Å². The second kappa shape index (κ2) is 7.05. The largest absolute Gasteiger partial charge is 0.550 e. The number of hydrogen-bond donors (Lipinski definition) is 0. The molecule has 2 aromatic carbocycles. The summed E-state index contributed by atoms with van der Waals surface area (Å²) in [7, 11) is 0. The lowest BCUT2D eigenvalue weighted by molar-refractivity contribution is -0.306. The van der Waals surface area contributed by atoms with Gasteiger partial charge in [0.25, 0.3) is 0 Å². The minimum atomic E-state index is -1.03. The van der Waals surface area contributed by atoms with E-state index in [0.29, 0.717) is 5.56 Å². The van der Waals surface area contributed by atoms with E-state index in [-0.39, 0.29) is 23.5 Å². The average molecular weight is 373 g/mol. The van der Waals surface area contributed by atoms with Crippen molar-refractivity contribution in [2.75, 3.05) is 0 Å². The van der Waals surface area contributed by atoms with E-state index in [1.807, 2.05) is 55.7 Å². The lowest BCUT2D eigenvalue weighted by atomic mass is 9.88. The van der Waals surface area contributed by atoms with Crippen molar-refractivity contribution in [2.24, 2.45) is 16.8 Å². The number of carboxylic acids is 1. The number of fused-ring (bicyclic) bond motifs is 2. The van der Waals surface area contributed by atoms with Crippen LogP contribution >= 0.6 is 11.8 Å². The Bertz CT molecular complexity index is 1060. The Hall–Kier alpha value is -2.84. The van der Waals surface area contributed by atoms with E-state index < -0.39 is 5.97 Å². The summed E-state index contributed by atoms with van der Waals surface area (Å²) in [5, 5.41) is 22.5. The van der Waals surface area contributed by atoms with Crippen molar-refractivity contribution in [1.82, 2.24) is 0 Å². The van der Waals surface area contributed by atoms with Gasteiger partial charge in [0.05, 0.1) is 11.6 Å². The van der Waals surface area contributed by atoms with Crippen molar-refractivity contribution in [3.63, 3.8) is 0 Å². The number of hydrogen-bond acceptors (Lipinski definition) is 5. The third-order valence-electron chi connectivity index (χ3n) is 5.06. The molecule has 0 aromatic heterocycles. The van der Waals surface area contributed by atoms with E-state index in [1.54, 1.807) is 11.8 Å². The van der Waals surface area contributed by atoms with E-state index in [0.717, 1.165) is 26.8 Å². The number of nitrogens with zero attached hydrogens (tertiary/aromatic N) is 2. The Morgan fingerprint density at radius 2 is 2.07 bits per heavy atom. The molecule has 0 fully saturated rings. The molecule has 3 unspecified atom stereocenters. The summed E-state index contributed by atoms with van der Waals surface area (Å²) < 4.78 is 0. The fourth-order valence-corrected chi connectivity index (χ4v) is 5.20. The van der Waals surface area contributed by atoms with Crippen LogP contribution in [0.3, 0.4) is 0 Å². The lowest BCUT2D eigenvalue weighted by Crippen LogP contribution is -2.24. The van der Waals surface area contributed by atoms with Crippen LogP contribution in [0.5, 0.6) is 0 Å². The van der Waals surface area contributed by atoms with Gasteiger partial charge in [-0.15, -0.1) is 11.8 Å². The summed E-state index contributed by atoms with van der Waals surface area (Å²) in [6, 6.07) is 14.0. The fourth-order valence-electron chi connectivity index (χ4n) is 3.73. The number of nitriles is 1. The van der Waals surface area contributed by atoms with Crippen molar-refractivity contribution in [1.29, 1.82) is 5.26 Å². The van der Waals surface area contributed by atoms with E-state index in [4.69, 9.17) is 0 Å². The number of carboxylic acid groups (broad SMARTS) is 1. The molecule has 4 rings (SSSR count). The molecule has 2 aliphatic rings. The van der Waals surface area contributed by atoms with Gasteiger partial charge in [-0.05, 0) is 39.8 Å². The smallest absolute Gasteiger partial charge is 0.0998 e. The van der Waals surface area contributed by atoms with Gasteiger partial charge >= 0.3 is 0 Å². The summed E-state index contributed by atoms with van der Waals surface area (Å²) in [6.45, 7) is 1.92. The topological polar surface area (TPSA) is 76.3 Å². The molecule has 3 atom stereocenters. The quantitative estimate of drug-likeness (QED) is 0.821. The highest BCUT2D eigenvalue weighted by Crippen LogP contribution is 2.48. The van der Waals surface area contributed by atoms with Crippen molar-refractivity contribution < 1.29 is 9.90 Å². The van der Waals surface area contributed by atoms with Crippen LogP contribution in [0.4, 0.5) is 0 Å². The zero-order valence-electron chi connectivity index (χ0n) is 14.8. The third-order valence-corrected chi connectivity index (χ3v) is 6.69. The minimum Gasteiger partial charge on any atom is -0.550 e. The number of aliphatic carboxylic acids is 1. The van der Waals surface area contributed by atoms with Gasteiger partial charge in [0.1, 0.15) is 0 Å². The van der Waals surface area contributed by atoms with Gasteiger partial charge in [0, 0.05) is 34.9 Å². The molecule has 0 saturated carbocycles. The number of thioether (sulfide) groups is 1. The van der Waals surface area contributed by atoms with Gasteiger partial charge < -0.3 is 9.90 Å². The molecule has 5 heteroatoms. The van der Waals surface area contributed by atoms with E-state index in [1.165, 1.54) is 0 Å². The Morgan fingerprint density at radius 1 is 1.30 bits per heavy atom. The molecule has 2 aliphatic heterocycles. The standard InChI is InChI=1S/C22H18N2O2S/c1-13(8-21(25)26)20-9-15-11-24-12-19(22(15)27-20)18-7-6-14(10-23)16-4-2-3-5-17(16)18/h2-7,9,11-13,15,22H,8H2,1H3,(H,25,26)/p-1. The number of aliphatic imine (C=N–C) groups is 1. The number of benzene rings is 2. The Labute approximate surface area is 161 Å². The molecular weight excluding hydrogens is 356 g/mol. The molecule has 0 amide bonds. The maximum absolute atomic E-state index is 11.0. The first kappa shape index (κ1) is 17.6. The first-order chi connectivity index (χ1) is 13.1. The molecule has 134 valence electrons. The van der Waals surface area contributed by atoms with Crippen LogP contribution < -0.4 is 5.11 Å². The Morgan fingerprint density at radius 3 is 2.81 bits per heavy atom. The molecule has 2 aromatic rings. The van der Waals surface area contributed by atoms with Crippen LogP contribution in [0.15, 0.2) is 58.6 Å². The molecule has 0 N–H and O–H groups in total. The molecule has 0 radical (unpaired) electrons.